The summed E-state index contributed by atoms with van der Waals surface area (Å²) in [6, 6.07) is 9.13. The van der Waals surface area contributed by atoms with Crippen LogP contribution in [0.2, 0.25) is 0 Å². The molecule has 2 heterocycles. The number of rotatable bonds is 5. The molecule has 142 valence electrons. The van der Waals surface area contributed by atoms with Gasteiger partial charge in [0.25, 0.3) is 5.91 Å². The quantitative estimate of drug-likeness (QED) is 0.875. The van der Waals surface area contributed by atoms with Crippen LogP contribution in [0.3, 0.4) is 0 Å². The van der Waals surface area contributed by atoms with Gasteiger partial charge in [0, 0.05) is 18.8 Å². The zero-order chi connectivity index (χ0) is 18.5. The lowest BCUT2D eigenvalue weighted by Crippen LogP contribution is -2.25. The number of pyridine rings is 1. The smallest absolute Gasteiger partial charge is 0.255 e. The molecule has 4 rings (SSSR count). The fourth-order valence-corrected chi connectivity index (χ4v) is 3.51. The molecule has 0 bridgehead atoms. The molecular formula is C21H24N2O4. The lowest BCUT2D eigenvalue weighted by molar-refractivity contribution is 0.0939. The number of carbonyl (C=O) groups excluding carboxylic acids is 1. The maximum atomic E-state index is 12.6. The molecule has 1 amide bonds. The molecule has 0 spiro atoms. The molecule has 1 fully saturated rings. The van der Waals surface area contributed by atoms with Crippen molar-refractivity contribution in [1.82, 2.24) is 10.3 Å². The molecule has 1 N–H and O–H groups in total. The van der Waals surface area contributed by atoms with E-state index in [0.29, 0.717) is 42.7 Å². The van der Waals surface area contributed by atoms with Crippen molar-refractivity contribution in [1.29, 1.82) is 0 Å². The van der Waals surface area contributed by atoms with E-state index in [1.807, 2.05) is 18.2 Å². The molecule has 2 aliphatic rings. The standard InChI is InChI=1S/C21H24N2O4/c24-21(17-7-4-8-18-20(17)26-12-11-25-18)23-14-15-9-10-22-19(13-15)27-16-5-2-1-3-6-16/h4,7-10,13,16H,1-3,5-6,11-12,14H2,(H,23,24). The van der Waals surface area contributed by atoms with Gasteiger partial charge in [0.1, 0.15) is 19.3 Å². The third kappa shape index (κ3) is 4.32. The first-order chi connectivity index (χ1) is 13.3. The van der Waals surface area contributed by atoms with Gasteiger partial charge in [-0.1, -0.05) is 12.5 Å². The summed E-state index contributed by atoms with van der Waals surface area (Å²) in [5.74, 6) is 1.56. The van der Waals surface area contributed by atoms with E-state index in [1.54, 1.807) is 18.3 Å². The van der Waals surface area contributed by atoms with Crippen molar-refractivity contribution in [3.8, 4) is 17.4 Å². The lowest BCUT2D eigenvalue weighted by Gasteiger charge is -2.22. The van der Waals surface area contributed by atoms with E-state index in [2.05, 4.69) is 10.3 Å². The van der Waals surface area contributed by atoms with Gasteiger partial charge in [-0.05, 0) is 49.4 Å². The summed E-state index contributed by atoms with van der Waals surface area (Å²) >= 11 is 0. The molecule has 2 aromatic rings. The highest BCUT2D eigenvalue weighted by molar-refractivity contribution is 5.97. The zero-order valence-corrected chi connectivity index (χ0v) is 15.3. The van der Waals surface area contributed by atoms with Gasteiger partial charge in [-0.15, -0.1) is 0 Å². The minimum absolute atomic E-state index is 0.191. The number of ether oxygens (including phenoxy) is 3. The Hall–Kier alpha value is -2.76. The average Bonchev–Trinajstić information content (AvgIpc) is 2.72. The predicted molar refractivity (Wildman–Crippen MR) is 100 cm³/mol. The molecule has 1 aromatic carbocycles. The Labute approximate surface area is 158 Å². The van der Waals surface area contributed by atoms with E-state index in [9.17, 15) is 4.79 Å². The third-order valence-corrected chi connectivity index (χ3v) is 4.90. The van der Waals surface area contributed by atoms with Gasteiger partial charge in [0.15, 0.2) is 11.5 Å². The molecule has 6 heteroatoms. The Morgan fingerprint density at radius 2 is 2.00 bits per heavy atom. The zero-order valence-electron chi connectivity index (χ0n) is 15.3. The van der Waals surface area contributed by atoms with Gasteiger partial charge in [-0.3, -0.25) is 4.79 Å². The Kier molecular flexibility index (Phi) is 5.42. The van der Waals surface area contributed by atoms with E-state index in [0.717, 1.165) is 18.4 Å². The Morgan fingerprint density at radius 1 is 1.15 bits per heavy atom. The van der Waals surface area contributed by atoms with Crippen molar-refractivity contribution in [3.63, 3.8) is 0 Å². The molecule has 27 heavy (non-hydrogen) atoms. The Balaban J connectivity index is 1.38. The molecular weight excluding hydrogens is 344 g/mol. The molecule has 1 aliphatic carbocycles. The number of benzene rings is 1. The van der Waals surface area contributed by atoms with E-state index in [1.165, 1.54) is 19.3 Å². The summed E-state index contributed by atoms with van der Waals surface area (Å²) < 4.78 is 17.2. The van der Waals surface area contributed by atoms with Gasteiger partial charge in [0.05, 0.1) is 5.56 Å². The number of nitrogens with zero attached hydrogens (tertiary/aromatic N) is 1. The van der Waals surface area contributed by atoms with Crippen LogP contribution in [-0.2, 0) is 6.54 Å². The van der Waals surface area contributed by atoms with Crippen LogP contribution in [-0.4, -0.2) is 30.2 Å². The Bertz CT molecular complexity index is 803. The average molecular weight is 368 g/mol. The summed E-state index contributed by atoms with van der Waals surface area (Å²) in [5.41, 5.74) is 1.44. The van der Waals surface area contributed by atoms with Crippen LogP contribution in [0.25, 0.3) is 0 Å². The monoisotopic (exact) mass is 368 g/mol. The van der Waals surface area contributed by atoms with E-state index < -0.39 is 0 Å². The summed E-state index contributed by atoms with van der Waals surface area (Å²) in [5, 5.41) is 2.94. The highest BCUT2D eigenvalue weighted by Crippen LogP contribution is 2.33. The number of para-hydroxylation sites is 1. The van der Waals surface area contributed by atoms with E-state index in [4.69, 9.17) is 14.2 Å². The fourth-order valence-electron chi connectivity index (χ4n) is 3.51. The van der Waals surface area contributed by atoms with E-state index >= 15 is 0 Å². The molecule has 1 aliphatic heterocycles. The van der Waals surface area contributed by atoms with Gasteiger partial charge >= 0.3 is 0 Å². The van der Waals surface area contributed by atoms with Crippen molar-refractivity contribution in [2.24, 2.45) is 0 Å². The largest absolute Gasteiger partial charge is 0.486 e. The summed E-state index contributed by atoms with van der Waals surface area (Å²) in [6.07, 6.45) is 7.87. The first-order valence-corrected chi connectivity index (χ1v) is 9.58. The van der Waals surface area contributed by atoms with Crippen LogP contribution in [0.4, 0.5) is 0 Å². The second kappa shape index (κ2) is 8.29. The number of aromatic nitrogens is 1. The maximum absolute atomic E-state index is 12.6. The van der Waals surface area contributed by atoms with Crippen LogP contribution >= 0.6 is 0 Å². The number of nitrogens with one attached hydrogen (secondary N) is 1. The van der Waals surface area contributed by atoms with Crippen molar-refractivity contribution in [2.45, 2.75) is 44.8 Å². The number of carbonyl (C=O) groups is 1. The van der Waals surface area contributed by atoms with Crippen LogP contribution < -0.4 is 19.5 Å². The highest BCUT2D eigenvalue weighted by Gasteiger charge is 2.20. The SMILES string of the molecule is O=C(NCc1ccnc(OC2CCCCC2)c1)c1cccc2c1OCCO2. The fraction of sp³-hybridized carbons (Fsp3) is 0.429. The number of amides is 1. The molecule has 1 aromatic heterocycles. The maximum Gasteiger partial charge on any atom is 0.255 e. The third-order valence-electron chi connectivity index (χ3n) is 4.90. The lowest BCUT2D eigenvalue weighted by atomic mass is 9.98. The first kappa shape index (κ1) is 17.6. The Morgan fingerprint density at radius 3 is 2.89 bits per heavy atom. The van der Waals surface area contributed by atoms with Crippen molar-refractivity contribution >= 4 is 5.91 Å². The molecule has 0 saturated heterocycles. The van der Waals surface area contributed by atoms with Crippen LogP contribution in [0, 0.1) is 0 Å². The normalized spacial score (nSPS) is 16.6. The summed E-state index contributed by atoms with van der Waals surface area (Å²) in [7, 11) is 0. The number of hydrogen-bond acceptors (Lipinski definition) is 5. The molecule has 0 unspecified atom stereocenters. The molecule has 6 nitrogen and oxygen atoms in total. The number of hydrogen-bond donors (Lipinski definition) is 1. The van der Waals surface area contributed by atoms with Gasteiger partial charge in [-0.2, -0.15) is 0 Å². The van der Waals surface area contributed by atoms with E-state index in [-0.39, 0.29) is 12.0 Å². The first-order valence-electron chi connectivity index (χ1n) is 9.58. The minimum Gasteiger partial charge on any atom is -0.486 e. The second-order valence-corrected chi connectivity index (χ2v) is 6.89. The summed E-state index contributed by atoms with van der Waals surface area (Å²) in [6.45, 7) is 1.34. The van der Waals surface area contributed by atoms with Gasteiger partial charge < -0.3 is 19.5 Å². The van der Waals surface area contributed by atoms with Gasteiger partial charge in [-0.25, -0.2) is 4.98 Å². The topological polar surface area (TPSA) is 69.7 Å². The van der Waals surface area contributed by atoms with Gasteiger partial charge in [0.2, 0.25) is 5.88 Å². The predicted octanol–water partition coefficient (Wildman–Crippen LogP) is 3.49. The van der Waals surface area contributed by atoms with Crippen molar-refractivity contribution in [2.75, 3.05) is 13.2 Å². The van der Waals surface area contributed by atoms with Crippen LogP contribution in [0.15, 0.2) is 36.5 Å². The molecule has 0 atom stereocenters. The van der Waals surface area contributed by atoms with Crippen LogP contribution in [0.5, 0.6) is 17.4 Å². The number of fused-ring (bicyclic) bond motifs is 1. The summed E-state index contributed by atoms with van der Waals surface area (Å²) in [4.78, 5) is 16.9. The van der Waals surface area contributed by atoms with Crippen molar-refractivity contribution in [3.05, 3.63) is 47.7 Å². The highest BCUT2D eigenvalue weighted by atomic mass is 16.6. The molecule has 1 saturated carbocycles. The minimum atomic E-state index is -0.191. The molecule has 0 radical (unpaired) electrons. The van der Waals surface area contributed by atoms with Crippen LogP contribution in [0.1, 0.15) is 48.0 Å². The second-order valence-electron chi connectivity index (χ2n) is 6.89. The van der Waals surface area contributed by atoms with Crippen molar-refractivity contribution < 1.29 is 19.0 Å².